The van der Waals surface area contributed by atoms with Crippen molar-refractivity contribution in [1.82, 2.24) is 0 Å². The molecule has 0 spiro atoms. The molecule has 1 aromatic rings. The summed E-state index contributed by atoms with van der Waals surface area (Å²) in [6, 6.07) is 9.36. The Hall–Kier alpha value is -1.51. The standard InChI is InChI=1S/C16H25NO2/c1-5-16(3,4)11-12-19-15(18)13(2)17-14-9-7-6-8-10-14/h6-10,13,17H,5,11-12H2,1-4H3/t13-/m0/s1. The third-order valence-electron chi connectivity index (χ3n) is 3.49. The molecule has 106 valence electrons. The van der Waals surface area contributed by atoms with Crippen molar-refractivity contribution in [1.29, 1.82) is 0 Å². The molecule has 0 aliphatic carbocycles. The second-order valence-corrected chi connectivity index (χ2v) is 5.67. The first kappa shape index (κ1) is 15.5. The molecular formula is C16H25NO2. The van der Waals surface area contributed by atoms with E-state index in [-0.39, 0.29) is 17.4 Å². The monoisotopic (exact) mass is 263 g/mol. The Bertz CT molecular complexity index is 387. The van der Waals surface area contributed by atoms with Crippen molar-refractivity contribution >= 4 is 11.7 Å². The highest BCUT2D eigenvalue weighted by molar-refractivity contribution is 5.78. The first-order valence-corrected chi connectivity index (χ1v) is 6.93. The van der Waals surface area contributed by atoms with E-state index in [1.807, 2.05) is 37.3 Å². The largest absolute Gasteiger partial charge is 0.464 e. The number of rotatable bonds is 7. The van der Waals surface area contributed by atoms with Crippen LogP contribution in [0.15, 0.2) is 30.3 Å². The van der Waals surface area contributed by atoms with Gasteiger partial charge in [-0.2, -0.15) is 0 Å². The fourth-order valence-electron chi connectivity index (χ4n) is 1.57. The molecule has 0 unspecified atom stereocenters. The lowest BCUT2D eigenvalue weighted by molar-refractivity contribution is -0.144. The number of carbonyl (C=O) groups is 1. The lowest BCUT2D eigenvalue weighted by Crippen LogP contribution is -2.29. The third-order valence-corrected chi connectivity index (χ3v) is 3.49. The van der Waals surface area contributed by atoms with E-state index < -0.39 is 0 Å². The zero-order valence-corrected chi connectivity index (χ0v) is 12.4. The van der Waals surface area contributed by atoms with Crippen LogP contribution < -0.4 is 5.32 Å². The van der Waals surface area contributed by atoms with Crippen molar-refractivity contribution in [3.05, 3.63) is 30.3 Å². The van der Waals surface area contributed by atoms with Crippen molar-refractivity contribution in [3.8, 4) is 0 Å². The second kappa shape index (κ2) is 7.17. The van der Waals surface area contributed by atoms with Crippen LogP contribution in [-0.2, 0) is 9.53 Å². The number of benzene rings is 1. The predicted molar refractivity (Wildman–Crippen MR) is 79.2 cm³/mol. The molecule has 0 aliphatic rings. The number of ether oxygens (including phenoxy) is 1. The van der Waals surface area contributed by atoms with Gasteiger partial charge in [0.25, 0.3) is 0 Å². The summed E-state index contributed by atoms with van der Waals surface area (Å²) in [4.78, 5) is 11.8. The lowest BCUT2D eigenvalue weighted by Gasteiger charge is -2.22. The normalized spacial score (nSPS) is 12.8. The van der Waals surface area contributed by atoms with E-state index in [1.54, 1.807) is 0 Å². The van der Waals surface area contributed by atoms with Gasteiger partial charge in [0.1, 0.15) is 6.04 Å². The van der Waals surface area contributed by atoms with Gasteiger partial charge < -0.3 is 10.1 Å². The van der Waals surface area contributed by atoms with Crippen molar-refractivity contribution in [3.63, 3.8) is 0 Å². The summed E-state index contributed by atoms with van der Waals surface area (Å²) < 4.78 is 5.31. The minimum atomic E-state index is -0.327. The van der Waals surface area contributed by atoms with E-state index in [2.05, 4.69) is 26.1 Å². The number of nitrogens with one attached hydrogen (secondary N) is 1. The first-order valence-electron chi connectivity index (χ1n) is 6.93. The van der Waals surface area contributed by atoms with Crippen LogP contribution in [0.1, 0.15) is 40.5 Å². The Labute approximate surface area is 116 Å². The number of carbonyl (C=O) groups excluding carboxylic acids is 1. The van der Waals surface area contributed by atoms with Crippen molar-refractivity contribution in [2.45, 2.75) is 46.6 Å². The molecule has 0 aromatic heterocycles. The van der Waals surface area contributed by atoms with E-state index in [9.17, 15) is 4.79 Å². The van der Waals surface area contributed by atoms with Gasteiger partial charge in [-0.1, -0.05) is 45.4 Å². The molecule has 0 heterocycles. The van der Waals surface area contributed by atoms with Crippen LogP contribution in [0.4, 0.5) is 5.69 Å². The molecule has 0 fully saturated rings. The molecule has 0 saturated carbocycles. The van der Waals surface area contributed by atoms with Crippen LogP contribution in [0.3, 0.4) is 0 Å². The van der Waals surface area contributed by atoms with Crippen LogP contribution >= 0.6 is 0 Å². The van der Waals surface area contributed by atoms with E-state index in [0.717, 1.165) is 18.5 Å². The van der Waals surface area contributed by atoms with E-state index in [1.165, 1.54) is 0 Å². The molecule has 19 heavy (non-hydrogen) atoms. The summed E-state index contributed by atoms with van der Waals surface area (Å²) in [7, 11) is 0. The van der Waals surface area contributed by atoms with Crippen LogP contribution in [0.2, 0.25) is 0 Å². The van der Waals surface area contributed by atoms with Gasteiger partial charge in [-0.15, -0.1) is 0 Å². The number of para-hydroxylation sites is 1. The maximum atomic E-state index is 11.8. The Morgan fingerprint density at radius 1 is 1.32 bits per heavy atom. The summed E-state index contributed by atoms with van der Waals surface area (Å²) in [5, 5.41) is 3.13. The zero-order chi connectivity index (χ0) is 14.3. The SMILES string of the molecule is CCC(C)(C)CCOC(=O)[C@H](C)Nc1ccccc1. The maximum Gasteiger partial charge on any atom is 0.328 e. The number of hydrogen-bond donors (Lipinski definition) is 1. The Kier molecular flexibility index (Phi) is 5.87. The van der Waals surface area contributed by atoms with Gasteiger partial charge in [-0.05, 0) is 30.9 Å². The summed E-state index contributed by atoms with van der Waals surface area (Å²) in [6.45, 7) is 8.83. The molecule has 1 atom stereocenters. The summed E-state index contributed by atoms with van der Waals surface area (Å²) in [5.41, 5.74) is 1.16. The number of hydrogen-bond acceptors (Lipinski definition) is 3. The highest BCUT2D eigenvalue weighted by Gasteiger charge is 2.18. The highest BCUT2D eigenvalue weighted by Crippen LogP contribution is 2.24. The van der Waals surface area contributed by atoms with Crippen LogP contribution in [0.5, 0.6) is 0 Å². The molecule has 1 N–H and O–H groups in total. The quantitative estimate of drug-likeness (QED) is 0.759. The second-order valence-electron chi connectivity index (χ2n) is 5.67. The summed E-state index contributed by atoms with van der Waals surface area (Å²) >= 11 is 0. The van der Waals surface area contributed by atoms with E-state index in [0.29, 0.717) is 6.61 Å². The molecule has 0 saturated heterocycles. The molecule has 0 bridgehead atoms. The van der Waals surface area contributed by atoms with Crippen LogP contribution in [0.25, 0.3) is 0 Å². The maximum absolute atomic E-state index is 11.8. The van der Waals surface area contributed by atoms with Crippen molar-refractivity contribution < 1.29 is 9.53 Å². The van der Waals surface area contributed by atoms with Gasteiger partial charge in [0.15, 0.2) is 0 Å². The molecule has 0 amide bonds. The Balaban J connectivity index is 2.33. The first-order chi connectivity index (χ1) is 8.94. The molecule has 0 aliphatic heterocycles. The zero-order valence-electron chi connectivity index (χ0n) is 12.4. The third kappa shape index (κ3) is 5.77. The smallest absolute Gasteiger partial charge is 0.328 e. The lowest BCUT2D eigenvalue weighted by atomic mass is 9.87. The average Bonchev–Trinajstić information content (AvgIpc) is 2.39. The minimum absolute atomic E-state index is 0.198. The van der Waals surface area contributed by atoms with Gasteiger partial charge >= 0.3 is 5.97 Å². The topological polar surface area (TPSA) is 38.3 Å². The number of anilines is 1. The number of esters is 1. The van der Waals surface area contributed by atoms with E-state index in [4.69, 9.17) is 4.74 Å². The van der Waals surface area contributed by atoms with Crippen LogP contribution in [-0.4, -0.2) is 18.6 Å². The fraction of sp³-hybridized carbons (Fsp3) is 0.562. The highest BCUT2D eigenvalue weighted by atomic mass is 16.5. The molecule has 3 nitrogen and oxygen atoms in total. The molecule has 0 radical (unpaired) electrons. The molecule has 1 aromatic carbocycles. The van der Waals surface area contributed by atoms with E-state index >= 15 is 0 Å². The molecular weight excluding hydrogens is 238 g/mol. The fourth-order valence-corrected chi connectivity index (χ4v) is 1.57. The van der Waals surface area contributed by atoms with Crippen LogP contribution in [0, 0.1) is 5.41 Å². The minimum Gasteiger partial charge on any atom is -0.464 e. The summed E-state index contributed by atoms with van der Waals surface area (Å²) in [6.07, 6.45) is 1.98. The van der Waals surface area contributed by atoms with Gasteiger partial charge in [0.05, 0.1) is 6.61 Å². The predicted octanol–water partition coefficient (Wildman–Crippen LogP) is 3.86. The Morgan fingerprint density at radius 3 is 2.53 bits per heavy atom. The van der Waals surface area contributed by atoms with Gasteiger partial charge in [0.2, 0.25) is 0 Å². The van der Waals surface area contributed by atoms with Crippen molar-refractivity contribution in [2.75, 3.05) is 11.9 Å². The summed E-state index contributed by atoms with van der Waals surface area (Å²) in [5.74, 6) is -0.198. The average molecular weight is 263 g/mol. The molecule has 1 rings (SSSR count). The Morgan fingerprint density at radius 2 is 1.95 bits per heavy atom. The molecule has 3 heteroatoms. The van der Waals surface area contributed by atoms with Gasteiger partial charge in [0, 0.05) is 5.69 Å². The van der Waals surface area contributed by atoms with Crippen molar-refractivity contribution in [2.24, 2.45) is 5.41 Å². The van der Waals surface area contributed by atoms with Gasteiger partial charge in [-0.25, -0.2) is 4.79 Å². The van der Waals surface area contributed by atoms with Gasteiger partial charge in [-0.3, -0.25) is 0 Å².